The van der Waals surface area contributed by atoms with Gasteiger partial charge in [0.1, 0.15) is 12.4 Å². The van der Waals surface area contributed by atoms with Crippen molar-refractivity contribution >= 4 is 22.6 Å². The molecule has 0 radical (unpaired) electrons. The number of piperidine rings is 1. The van der Waals surface area contributed by atoms with Gasteiger partial charge < -0.3 is 15.0 Å². The molecule has 0 spiro atoms. The average Bonchev–Trinajstić information content (AvgIpc) is 2.85. The molecule has 2 aromatic rings. The van der Waals surface area contributed by atoms with Gasteiger partial charge in [-0.1, -0.05) is 42.5 Å². The van der Waals surface area contributed by atoms with Gasteiger partial charge in [-0.05, 0) is 57.4 Å². The Morgan fingerprint density at radius 2 is 1.85 bits per heavy atom. The molecule has 184 valence electrons. The first-order valence-corrected chi connectivity index (χ1v) is 12.3. The van der Waals surface area contributed by atoms with E-state index in [1.54, 1.807) is 5.48 Å². The fraction of sp³-hybridized carbons (Fsp3) is 0.481. The summed E-state index contributed by atoms with van der Waals surface area (Å²) in [6.45, 7) is 6.56. The van der Waals surface area contributed by atoms with Crippen molar-refractivity contribution < 1.29 is 19.5 Å². The number of nitrogens with zero attached hydrogens (tertiary/aromatic N) is 1. The van der Waals surface area contributed by atoms with E-state index in [0.717, 1.165) is 48.9 Å². The molecule has 34 heavy (non-hydrogen) atoms. The number of rotatable bonds is 11. The summed E-state index contributed by atoms with van der Waals surface area (Å²) in [7, 11) is 0. The molecule has 2 amide bonds. The van der Waals surface area contributed by atoms with Gasteiger partial charge in [0, 0.05) is 37.0 Å². The minimum absolute atomic E-state index is 0.0867. The van der Waals surface area contributed by atoms with Crippen LogP contribution in [-0.4, -0.2) is 53.7 Å². The van der Waals surface area contributed by atoms with Crippen molar-refractivity contribution in [1.29, 1.82) is 0 Å². The van der Waals surface area contributed by atoms with Crippen LogP contribution in [0.2, 0.25) is 0 Å². The maximum atomic E-state index is 13.2. The molecule has 3 N–H and O–H groups in total. The lowest BCUT2D eigenvalue weighted by Crippen LogP contribution is -2.47. The number of hydrogen-bond acceptors (Lipinski definition) is 5. The van der Waals surface area contributed by atoms with Gasteiger partial charge >= 0.3 is 0 Å². The lowest BCUT2D eigenvalue weighted by molar-refractivity contribution is -0.129. The molecule has 1 saturated heterocycles. The molecule has 0 aromatic heterocycles. The Bertz CT molecular complexity index is 976. The molecule has 7 nitrogen and oxygen atoms in total. The maximum absolute atomic E-state index is 13.2. The molecular formula is C27H37N3O4. The number of hydrogen-bond donors (Lipinski definition) is 3. The number of ether oxygens (including phenoxy) is 1. The quantitative estimate of drug-likeness (QED) is 0.199. The molecule has 0 aliphatic carbocycles. The van der Waals surface area contributed by atoms with Crippen molar-refractivity contribution in [2.75, 3.05) is 19.7 Å². The van der Waals surface area contributed by atoms with Gasteiger partial charge in [-0.2, -0.15) is 0 Å². The molecule has 7 heteroatoms. The number of fused-ring (bicyclic) bond motifs is 1. The van der Waals surface area contributed by atoms with Crippen molar-refractivity contribution in [1.82, 2.24) is 15.7 Å². The third-order valence-corrected chi connectivity index (χ3v) is 6.39. The van der Waals surface area contributed by atoms with E-state index in [2.05, 4.69) is 24.1 Å². The minimum Gasteiger partial charge on any atom is -0.488 e. The molecule has 0 unspecified atom stereocenters. The molecule has 0 bridgehead atoms. The summed E-state index contributed by atoms with van der Waals surface area (Å²) in [5.74, 6) is 0.270. The zero-order valence-electron chi connectivity index (χ0n) is 20.3. The van der Waals surface area contributed by atoms with Crippen LogP contribution in [0.1, 0.15) is 52.4 Å². The summed E-state index contributed by atoms with van der Waals surface area (Å²) >= 11 is 0. The third-order valence-electron chi connectivity index (χ3n) is 6.39. The molecule has 3 rings (SSSR count). The monoisotopic (exact) mass is 467 g/mol. The van der Waals surface area contributed by atoms with Gasteiger partial charge in [0.2, 0.25) is 5.91 Å². The molecular weight excluding hydrogens is 430 g/mol. The fourth-order valence-corrected chi connectivity index (χ4v) is 4.29. The van der Waals surface area contributed by atoms with Crippen molar-refractivity contribution in [3.63, 3.8) is 0 Å². The Balaban J connectivity index is 1.63. The van der Waals surface area contributed by atoms with Gasteiger partial charge in [0.15, 0.2) is 0 Å². The highest BCUT2D eigenvalue weighted by Gasteiger charge is 2.23. The Kier molecular flexibility index (Phi) is 9.91. The van der Waals surface area contributed by atoms with Crippen molar-refractivity contribution in [2.24, 2.45) is 0 Å². The van der Waals surface area contributed by atoms with Gasteiger partial charge in [0.05, 0.1) is 5.57 Å². The number of carbonyl (C=O) groups excluding carboxylic acids is 2. The number of benzene rings is 2. The van der Waals surface area contributed by atoms with E-state index < -0.39 is 5.91 Å². The number of amides is 2. The summed E-state index contributed by atoms with van der Waals surface area (Å²) < 4.78 is 6.12. The van der Waals surface area contributed by atoms with E-state index in [9.17, 15) is 9.59 Å². The summed E-state index contributed by atoms with van der Waals surface area (Å²) in [5.41, 5.74) is 2.25. The summed E-state index contributed by atoms with van der Waals surface area (Å²) in [5, 5.41) is 13.9. The van der Waals surface area contributed by atoms with E-state index in [4.69, 9.17) is 9.94 Å². The van der Waals surface area contributed by atoms with Crippen molar-refractivity contribution in [3.05, 3.63) is 54.1 Å². The van der Waals surface area contributed by atoms with E-state index in [1.165, 1.54) is 0 Å². The summed E-state index contributed by atoms with van der Waals surface area (Å²) in [6, 6.07) is 14.6. The maximum Gasteiger partial charge on any atom is 0.250 e. The summed E-state index contributed by atoms with van der Waals surface area (Å²) in [6.07, 6.45) is 6.09. The van der Waals surface area contributed by atoms with Crippen molar-refractivity contribution in [3.8, 4) is 5.75 Å². The van der Waals surface area contributed by atoms with Gasteiger partial charge in [-0.25, -0.2) is 5.48 Å². The second kappa shape index (κ2) is 13.1. The standard InChI is InChI=1S/C27H37N3O4/c1-20(2)30-17-15-23(16-18-30)28-27(32)22(10-4-3-5-14-26(31)29-33)19-34-25-13-8-11-21-9-6-7-12-24(21)25/h6-13,20,23,33H,3-5,14-19H2,1-2H3,(H,28,32)(H,29,31)/b22-10+. The van der Waals surface area contributed by atoms with Crippen LogP contribution in [0.5, 0.6) is 5.75 Å². The SMILES string of the molecule is CC(C)N1CCC(NC(=O)/C(=C/CCCCC(=O)NO)COc2cccc3ccccc23)CC1. The van der Waals surface area contributed by atoms with Gasteiger partial charge in [0.25, 0.3) is 5.91 Å². The second-order valence-electron chi connectivity index (χ2n) is 9.15. The van der Waals surface area contributed by atoms with Crippen LogP contribution in [0.15, 0.2) is 54.1 Å². The van der Waals surface area contributed by atoms with Gasteiger partial charge in [-0.3, -0.25) is 14.8 Å². The van der Waals surface area contributed by atoms with E-state index in [1.807, 2.05) is 48.5 Å². The highest BCUT2D eigenvalue weighted by Crippen LogP contribution is 2.25. The molecule has 0 saturated carbocycles. The van der Waals surface area contributed by atoms with Crippen LogP contribution in [0.4, 0.5) is 0 Å². The number of likely N-dealkylation sites (tertiary alicyclic amines) is 1. The fourth-order valence-electron chi connectivity index (χ4n) is 4.29. The zero-order chi connectivity index (χ0) is 24.3. The molecule has 1 heterocycles. The van der Waals surface area contributed by atoms with Crippen molar-refractivity contribution in [2.45, 2.75) is 64.5 Å². The largest absolute Gasteiger partial charge is 0.488 e. The molecule has 0 atom stereocenters. The predicted molar refractivity (Wildman–Crippen MR) is 134 cm³/mol. The highest BCUT2D eigenvalue weighted by atomic mass is 16.5. The first-order valence-electron chi connectivity index (χ1n) is 12.3. The Morgan fingerprint density at radius 3 is 2.59 bits per heavy atom. The number of carbonyl (C=O) groups is 2. The van der Waals surface area contributed by atoms with Crippen LogP contribution >= 0.6 is 0 Å². The zero-order valence-corrected chi connectivity index (χ0v) is 20.3. The number of nitrogens with one attached hydrogen (secondary N) is 2. The van der Waals surface area contributed by atoms with Crippen LogP contribution in [0.25, 0.3) is 10.8 Å². The van der Waals surface area contributed by atoms with E-state index in [-0.39, 0.29) is 25.0 Å². The Labute approximate surface area is 202 Å². The lowest BCUT2D eigenvalue weighted by atomic mass is 10.0. The number of allylic oxidation sites excluding steroid dienone is 1. The second-order valence-corrected chi connectivity index (χ2v) is 9.15. The normalized spacial score (nSPS) is 15.5. The number of hydroxylamine groups is 1. The molecule has 1 aliphatic rings. The highest BCUT2D eigenvalue weighted by molar-refractivity contribution is 5.94. The van der Waals surface area contributed by atoms with E-state index >= 15 is 0 Å². The van der Waals surface area contributed by atoms with E-state index in [0.29, 0.717) is 24.5 Å². The number of unbranched alkanes of at least 4 members (excludes halogenated alkanes) is 2. The Morgan fingerprint density at radius 1 is 1.12 bits per heavy atom. The molecule has 2 aromatic carbocycles. The minimum atomic E-state index is -0.394. The summed E-state index contributed by atoms with van der Waals surface area (Å²) in [4.78, 5) is 26.8. The first kappa shape index (κ1) is 25.7. The van der Waals surface area contributed by atoms with Crippen LogP contribution in [-0.2, 0) is 9.59 Å². The van der Waals surface area contributed by atoms with Crippen LogP contribution in [0.3, 0.4) is 0 Å². The smallest absolute Gasteiger partial charge is 0.250 e. The molecule has 1 aliphatic heterocycles. The predicted octanol–water partition coefficient (Wildman–Crippen LogP) is 4.20. The van der Waals surface area contributed by atoms with Crippen LogP contribution < -0.4 is 15.5 Å². The van der Waals surface area contributed by atoms with Crippen LogP contribution in [0, 0.1) is 0 Å². The topological polar surface area (TPSA) is 90.9 Å². The first-order chi connectivity index (χ1) is 16.5. The lowest BCUT2D eigenvalue weighted by Gasteiger charge is -2.35. The Hall–Kier alpha value is -2.90. The third kappa shape index (κ3) is 7.57. The van der Waals surface area contributed by atoms with Gasteiger partial charge in [-0.15, -0.1) is 0 Å². The average molecular weight is 468 g/mol. The molecule has 1 fully saturated rings.